The van der Waals surface area contributed by atoms with Gasteiger partial charge < -0.3 is 24.3 Å². The number of anilines is 1. The third-order valence-corrected chi connectivity index (χ3v) is 5.45. The molecule has 0 aliphatic carbocycles. The maximum absolute atomic E-state index is 13.2. The van der Waals surface area contributed by atoms with Gasteiger partial charge in [0, 0.05) is 12.8 Å². The summed E-state index contributed by atoms with van der Waals surface area (Å²) < 4.78 is 24.2. The zero-order chi connectivity index (χ0) is 23.4. The highest BCUT2D eigenvalue weighted by Gasteiger charge is 2.35. The van der Waals surface area contributed by atoms with Crippen LogP contribution >= 0.6 is 0 Å². The van der Waals surface area contributed by atoms with Crippen molar-refractivity contribution in [3.05, 3.63) is 59.3 Å². The second-order valence-corrected chi connectivity index (χ2v) is 7.56. The number of para-hydroxylation sites is 2. The molecule has 0 bridgehead atoms. The number of imidazole rings is 1. The van der Waals surface area contributed by atoms with E-state index in [1.165, 1.54) is 0 Å². The van der Waals surface area contributed by atoms with E-state index >= 15 is 0 Å². The maximum atomic E-state index is 13.2. The van der Waals surface area contributed by atoms with E-state index in [0.29, 0.717) is 48.5 Å². The number of methoxy groups -OCH3 is 1. The molecule has 4 rings (SSSR count). The Labute approximate surface area is 193 Å². The highest BCUT2D eigenvalue weighted by atomic mass is 16.6. The molecule has 0 fully saturated rings. The first-order valence-corrected chi connectivity index (χ1v) is 11.1. The molecule has 3 aromatic rings. The highest BCUT2D eigenvalue weighted by Crippen LogP contribution is 2.42. The predicted octanol–water partition coefficient (Wildman–Crippen LogP) is 4.31. The molecule has 1 aromatic heterocycles. The standard InChI is InChI=1S/C25H29N3O5/c1-5-31-20-12-11-17(15-21(20)32-6-2)23-22(24(29)33-14-13-30-4)16(3)26-25-27-18-9-7-8-10-19(18)28(23)25/h7-12,15,23H,5-6,13-14H2,1-4H3,(H,26,27)/t23-/m0/s1. The fourth-order valence-electron chi connectivity index (χ4n) is 4.08. The predicted molar refractivity (Wildman–Crippen MR) is 126 cm³/mol. The number of nitrogens with one attached hydrogen (secondary N) is 1. The monoisotopic (exact) mass is 451 g/mol. The third kappa shape index (κ3) is 4.39. The lowest BCUT2D eigenvalue weighted by atomic mass is 9.94. The molecule has 0 amide bonds. The smallest absolute Gasteiger partial charge is 0.338 e. The van der Waals surface area contributed by atoms with Crippen molar-refractivity contribution < 1.29 is 23.7 Å². The van der Waals surface area contributed by atoms with E-state index in [1.54, 1.807) is 7.11 Å². The molecule has 1 aliphatic rings. The Hall–Kier alpha value is -3.52. The minimum atomic E-state index is -0.460. The van der Waals surface area contributed by atoms with Crippen molar-refractivity contribution in [2.75, 3.05) is 38.9 Å². The lowest BCUT2D eigenvalue weighted by Gasteiger charge is -2.30. The second kappa shape index (κ2) is 9.95. The van der Waals surface area contributed by atoms with Crippen LogP contribution in [0.3, 0.4) is 0 Å². The lowest BCUT2D eigenvalue weighted by molar-refractivity contribution is -0.140. The first kappa shape index (κ1) is 22.7. The van der Waals surface area contributed by atoms with Gasteiger partial charge >= 0.3 is 5.97 Å². The van der Waals surface area contributed by atoms with Gasteiger partial charge in [-0.15, -0.1) is 0 Å². The van der Waals surface area contributed by atoms with Gasteiger partial charge in [0.15, 0.2) is 11.5 Å². The van der Waals surface area contributed by atoms with Crippen LogP contribution in [0.1, 0.15) is 32.4 Å². The van der Waals surface area contributed by atoms with E-state index in [2.05, 4.69) is 5.32 Å². The summed E-state index contributed by atoms with van der Waals surface area (Å²) in [5.41, 5.74) is 3.81. The largest absolute Gasteiger partial charge is 0.490 e. The van der Waals surface area contributed by atoms with Crippen molar-refractivity contribution in [2.24, 2.45) is 0 Å². The molecule has 0 saturated heterocycles. The van der Waals surface area contributed by atoms with Gasteiger partial charge in [-0.25, -0.2) is 9.78 Å². The molecule has 0 unspecified atom stereocenters. The summed E-state index contributed by atoms with van der Waals surface area (Å²) in [4.78, 5) is 18.0. The molecule has 1 atom stereocenters. The second-order valence-electron chi connectivity index (χ2n) is 7.56. The van der Waals surface area contributed by atoms with Crippen LogP contribution in [0.5, 0.6) is 11.5 Å². The van der Waals surface area contributed by atoms with Crippen molar-refractivity contribution in [1.82, 2.24) is 9.55 Å². The Kier molecular flexibility index (Phi) is 6.84. The van der Waals surface area contributed by atoms with Crippen LogP contribution in [0.4, 0.5) is 5.95 Å². The van der Waals surface area contributed by atoms with Crippen molar-refractivity contribution in [1.29, 1.82) is 0 Å². The van der Waals surface area contributed by atoms with Gasteiger partial charge in [-0.3, -0.25) is 4.57 Å². The van der Waals surface area contributed by atoms with E-state index < -0.39 is 12.0 Å². The van der Waals surface area contributed by atoms with Gasteiger partial charge in [0.2, 0.25) is 5.95 Å². The molecular weight excluding hydrogens is 422 g/mol. The van der Waals surface area contributed by atoms with Gasteiger partial charge in [-0.1, -0.05) is 18.2 Å². The van der Waals surface area contributed by atoms with Crippen molar-refractivity contribution in [3.8, 4) is 11.5 Å². The van der Waals surface area contributed by atoms with E-state index in [0.717, 1.165) is 16.6 Å². The first-order chi connectivity index (χ1) is 16.1. The molecule has 8 nitrogen and oxygen atoms in total. The molecule has 33 heavy (non-hydrogen) atoms. The zero-order valence-electron chi connectivity index (χ0n) is 19.4. The summed E-state index contributed by atoms with van der Waals surface area (Å²) >= 11 is 0. The highest BCUT2D eigenvalue weighted by molar-refractivity contribution is 5.94. The van der Waals surface area contributed by atoms with E-state index in [1.807, 2.05) is 67.8 Å². The Morgan fingerprint density at radius 2 is 1.82 bits per heavy atom. The van der Waals surface area contributed by atoms with Gasteiger partial charge in [0.1, 0.15) is 6.61 Å². The van der Waals surface area contributed by atoms with Crippen LogP contribution in [0.25, 0.3) is 11.0 Å². The Balaban J connectivity index is 1.87. The molecule has 0 saturated carbocycles. The Bertz CT molecular complexity index is 1180. The number of nitrogens with zero attached hydrogens (tertiary/aromatic N) is 2. The fraction of sp³-hybridized carbons (Fsp3) is 0.360. The summed E-state index contributed by atoms with van der Waals surface area (Å²) in [6.07, 6.45) is 0. The van der Waals surface area contributed by atoms with E-state index in [-0.39, 0.29) is 6.61 Å². The summed E-state index contributed by atoms with van der Waals surface area (Å²) in [6, 6.07) is 13.2. The van der Waals surface area contributed by atoms with Crippen molar-refractivity contribution in [2.45, 2.75) is 26.8 Å². The molecule has 0 spiro atoms. The number of esters is 1. The van der Waals surface area contributed by atoms with Crippen LogP contribution in [0.2, 0.25) is 0 Å². The Morgan fingerprint density at radius 3 is 2.58 bits per heavy atom. The number of carbonyl (C=O) groups is 1. The van der Waals surface area contributed by atoms with Gasteiger partial charge in [0.05, 0.1) is 42.5 Å². The number of ether oxygens (including phenoxy) is 4. The maximum Gasteiger partial charge on any atom is 0.338 e. The van der Waals surface area contributed by atoms with Crippen LogP contribution in [0, 0.1) is 0 Å². The lowest BCUT2D eigenvalue weighted by Crippen LogP contribution is -2.29. The minimum absolute atomic E-state index is 0.170. The molecular formula is C25H29N3O5. The average Bonchev–Trinajstić information content (AvgIpc) is 3.17. The van der Waals surface area contributed by atoms with Crippen molar-refractivity contribution in [3.63, 3.8) is 0 Å². The summed E-state index contributed by atoms with van der Waals surface area (Å²) in [7, 11) is 1.57. The molecule has 1 N–H and O–H groups in total. The zero-order valence-corrected chi connectivity index (χ0v) is 19.4. The molecule has 2 aromatic carbocycles. The number of carbonyl (C=O) groups excluding carboxylic acids is 1. The average molecular weight is 452 g/mol. The van der Waals surface area contributed by atoms with Crippen LogP contribution in [-0.2, 0) is 14.3 Å². The number of fused-ring (bicyclic) bond motifs is 3. The number of benzene rings is 2. The number of hydrogen-bond donors (Lipinski definition) is 1. The summed E-state index contributed by atoms with van der Waals surface area (Å²) in [6.45, 7) is 7.24. The molecule has 8 heteroatoms. The molecule has 1 aliphatic heterocycles. The van der Waals surface area contributed by atoms with Crippen LogP contribution in [0.15, 0.2) is 53.7 Å². The van der Waals surface area contributed by atoms with Gasteiger partial charge in [-0.05, 0) is 50.6 Å². The molecule has 174 valence electrons. The van der Waals surface area contributed by atoms with E-state index in [9.17, 15) is 4.79 Å². The van der Waals surface area contributed by atoms with Crippen LogP contribution < -0.4 is 14.8 Å². The molecule has 0 radical (unpaired) electrons. The SMILES string of the molecule is CCOc1ccc([C@H]2C(C(=O)OCCOC)=C(C)Nc3nc4ccccc4n32)cc1OCC. The Morgan fingerprint density at radius 1 is 1.06 bits per heavy atom. The minimum Gasteiger partial charge on any atom is -0.490 e. The number of aromatic nitrogens is 2. The number of allylic oxidation sites excluding steroid dienone is 1. The third-order valence-electron chi connectivity index (χ3n) is 5.45. The first-order valence-electron chi connectivity index (χ1n) is 11.1. The van der Waals surface area contributed by atoms with Crippen LogP contribution in [-0.4, -0.2) is 49.1 Å². The molecule has 2 heterocycles. The fourth-order valence-corrected chi connectivity index (χ4v) is 4.08. The van der Waals surface area contributed by atoms with Gasteiger partial charge in [-0.2, -0.15) is 0 Å². The topological polar surface area (TPSA) is 83.8 Å². The van der Waals surface area contributed by atoms with E-state index in [4.69, 9.17) is 23.9 Å². The van der Waals surface area contributed by atoms with Crippen molar-refractivity contribution >= 4 is 23.0 Å². The van der Waals surface area contributed by atoms with Gasteiger partial charge in [0.25, 0.3) is 0 Å². The summed E-state index contributed by atoms with van der Waals surface area (Å²) in [5, 5.41) is 3.29. The number of hydrogen-bond acceptors (Lipinski definition) is 7. The number of rotatable bonds is 9. The summed E-state index contributed by atoms with van der Waals surface area (Å²) in [5.74, 6) is 1.56. The quantitative estimate of drug-likeness (QED) is 0.383. The normalized spacial score (nSPS) is 15.2.